The predicted octanol–water partition coefficient (Wildman–Crippen LogP) is 4.36. The molecule has 0 bridgehead atoms. The summed E-state index contributed by atoms with van der Waals surface area (Å²) in [7, 11) is 0. The molecule has 0 aliphatic rings. The smallest absolute Gasteiger partial charge is 0.294 e. The van der Waals surface area contributed by atoms with Crippen LogP contribution < -0.4 is 0 Å². The summed E-state index contributed by atoms with van der Waals surface area (Å²) < 4.78 is 36.1. The Morgan fingerprint density at radius 1 is 1.11 bits per heavy atom. The molecule has 0 aliphatic carbocycles. The molecule has 0 aromatic heterocycles. The summed E-state index contributed by atoms with van der Waals surface area (Å²) in [6, 6.07) is 8.72. The zero-order valence-electron chi connectivity index (χ0n) is 10.6. The number of hydrogen-bond donors (Lipinski definition) is 0. The summed E-state index contributed by atoms with van der Waals surface area (Å²) in [6.07, 6.45) is -4.36. The maximum absolute atomic E-state index is 12.0. The van der Waals surface area contributed by atoms with Crippen LogP contribution in [0.2, 0.25) is 0 Å². The van der Waals surface area contributed by atoms with Gasteiger partial charge >= 0.3 is 6.36 Å². The molecule has 0 saturated heterocycles. The third kappa shape index (κ3) is 5.70. The van der Waals surface area contributed by atoms with E-state index in [0.29, 0.717) is 17.7 Å². The lowest BCUT2D eigenvalue weighted by atomic mass is 9.87. The highest BCUT2D eigenvalue weighted by atomic mass is 19.4. The van der Waals surface area contributed by atoms with Gasteiger partial charge in [0.1, 0.15) is 0 Å². The zero-order valence-corrected chi connectivity index (χ0v) is 10.6. The maximum Gasteiger partial charge on any atom is 0.593 e. The molecule has 100 valence electrons. The van der Waals surface area contributed by atoms with Crippen LogP contribution in [0.1, 0.15) is 32.8 Å². The van der Waals surface area contributed by atoms with Gasteiger partial charge in [-0.3, -0.25) is 4.84 Å². The van der Waals surface area contributed by atoms with E-state index in [9.17, 15) is 13.2 Å². The quantitative estimate of drug-likeness (QED) is 0.583. The van der Waals surface area contributed by atoms with Gasteiger partial charge in [0, 0.05) is 0 Å². The van der Waals surface area contributed by atoms with Gasteiger partial charge in [-0.2, -0.15) is 0 Å². The average molecular weight is 259 g/mol. The van der Waals surface area contributed by atoms with E-state index in [1.165, 1.54) is 0 Å². The summed E-state index contributed by atoms with van der Waals surface area (Å²) in [6.45, 7) is 5.79. The Labute approximate surface area is 104 Å². The van der Waals surface area contributed by atoms with Crippen LogP contribution in [0.15, 0.2) is 35.5 Å². The van der Waals surface area contributed by atoms with E-state index in [2.05, 4.69) is 9.99 Å². The van der Waals surface area contributed by atoms with Crippen molar-refractivity contribution in [1.82, 2.24) is 0 Å². The molecule has 0 radical (unpaired) electrons. The monoisotopic (exact) mass is 259 g/mol. The first kappa shape index (κ1) is 14.5. The number of oxime groups is 1. The first-order valence-corrected chi connectivity index (χ1v) is 5.55. The molecule has 5 heteroatoms. The van der Waals surface area contributed by atoms with Gasteiger partial charge in [-0.15, -0.1) is 13.2 Å². The minimum Gasteiger partial charge on any atom is -0.294 e. The fourth-order valence-corrected chi connectivity index (χ4v) is 1.43. The molecule has 0 amide bonds. The summed E-state index contributed by atoms with van der Waals surface area (Å²) in [5, 5.41) is 3.24. The normalized spacial score (nSPS) is 13.6. The highest BCUT2D eigenvalue weighted by Crippen LogP contribution is 2.24. The first-order valence-electron chi connectivity index (χ1n) is 5.55. The summed E-state index contributed by atoms with van der Waals surface area (Å²) in [4.78, 5) is 3.58. The maximum atomic E-state index is 12.0. The van der Waals surface area contributed by atoms with Gasteiger partial charge in [0.2, 0.25) is 0 Å². The predicted molar refractivity (Wildman–Crippen MR) is 64.2 cm³/mol. The Balaban J connectivity index is 2.96. The van der Waals surface area contributed by atoms with Crippen LogP contribution in [0.3, 0.4) is 0 Å². The van der Waals surface area contributed by atoms with E-state index < -0.39 is 6.36 Å². The summed E-state index contributed by atoms with van der Waals surface area (Å²) in [5.74, 6) is 0. The molecule has 1 rings (SSSR count). The minimum atomic E-state index is -4.75. The fourth-order valence-electron chi connectivity index (χ4n) is 1.43. The van der Waals surface area contributed by atoms with E-state index in [-0.39, 0.29) is 5.41 Å². The molecule has 0 atom stereocenters. The SMILES string of the molecule is CC(C)(C)CC(=NOC(F)(F)F)c1ccccc1. The third-order valence-corrected chi connectivity index (χ3v) is 2.06. The van der Waals surface area contributed by atoms with E-state index in [1.807, 2.05) is 20.8 Å². The molecule has 0 fully saturated rings. The van der Waals surface area contributed by atoms with Crippen LogP contribution in [0.5, 0.6) is 0 Å². The molecule has 2 nitrogen and oxygen atoms in total. The van der Waals surface area contributed by atoms with E-state index in [1.54, 1.807) is 30.3 Å². The lowest BCUT2D eigenvalue weighted by molar-refractivity contribution is -0.325. The Bertz CT molecular complexity index is 404. The van der Waals surface area contributed by atoms with E-state index in [4.69, 9.17) is 0 Å². The molecule has 0 saturated carbocycles. The van der Waals surface area contributed by atoms with Crippen molar-refractivity contribution in [3.8, 4) is 0 Å². The topological polar surface area (TPSA) is 21.6 Å². The van der Waals surface area contributed by atoms with Crippen LogP contribution in [-0.2, 0) is 4.84 Å². The number of rotatable bonds is 3. The van der Waals surface area contributed by atoms with Crippen molar-refractivity contribution in [1.29, 1.82) is 0 Å². The number of nitrogens with zero attached hydrogens (tertiary/aromatic N) is 1. The van der Waals surface area contributed by atoms with Crippen LogP contribution in [0.4, 0.5) is 13.2 Å². The van der Waals surface area contributed by atoms with Gasteiger partial charge in [0.15, 0.2) is 0 Å². The highest BCUT2D eigenvalue weighted by Gasteiger charge is 2.31. The fraction of sp³-hybridized carbons (Fsp3) is 0.462. The average Bonchev–Trinajstić information content (AvgIpc) is 2.23. The van der Waals surface area contributed by atoms with Gasteiger partial charge in [0.05, 0.1) is 5.71 Å². The number of hydrogen-bond acceptors (Lipinski definition) is 2. The Morgan fingerprint density at radius 2 is 1.67 bits per heavy atom. The molecule has 18 heavy (non-hydrogen) atoms. The number of benzene rings is 1. The second kappa shape index (κ2) is 5.42. The Hall–Kier alpha value is -1.52. The third-order valence-electron chi connectivity index (χ3n) is 2.06. The molecule has 0 unspecified atom stereocenters. The van der Waals surface area contributed by atoms with Crippen molar-refractivity contribution >= 4 is 5.71 Å². The molecule has 0 heterocycles. The molecular formula is C13H16F3NO. The van der Waals surface area contributed by atoms with Crippen molar-refractivity contribution in [2.24, 2.45) is 10.6 Å². The van der Waals surface area contributed by atoms with Crippen molar-refractivity contribution in [3.05, 3.63) is 35.9 Å². The van der Waals surface area contributed by atoms with Gasteiger partial charge in [-0.05, 0) is 17.4 Å². The first-order chi connectivity index (χ1) is 8.17. The van der Waals surface area contributed by atoms with Crippen LogP contribution in [0.25, 0.3) is 0 Å². The van der Waals surface area contributed by atoms with E-state index in [0.717, 1.165) is 0 Å². The van der Waals surface area contributed by atoms with Crippen LogP contribution >= 0.6 is 0 Å². The second-order valence-corrected chi connectivity index (χ2v) is 5.18. The standard InChI is InChI=1S/C13H16F3NO/c1-12(2,3)9-11(17-18-13(14,15)16)10-7-5-4-6-8-10/h4-8H,9H2,1-3H3. The molecule has 0 spiro atoms. The number of halogens is 3. The van der Waals surface area contributed by atoms with Crippen molar-refractivity contribution in [2.75, 3.05) is 0 Å². The molecule has 1 aromatic rings. The van der Waals surface area contributed by atoms with E-state index >= 15 is 0 Å². The summed E-state index contributed by atoms with van der Waals surface area (Å²) in [5.41, 5.74) is 0.751. The Kier molecular flexibility index (Phi) is 4.38. The highest BCUT2D eigenvalue weighted by molar-refractivity contribution is 6.00. The molecule has 0 aliphatic heterocycles. The van der Waals surface area contributed by atoms with Crippen molar-refractivity contribution in [2.45, 2.75) is 33.6 Å². The minimum absolute atomic E-state index is 0.177. The van der Waals surface area contributed by atoms with Gasteiger partial charge in [-0.25, -0.2) is 0 Å². The van der Waals surface area contributed by atoms with Crippen LogP contribution in [0, 0.1) is 5.41 Å². The van der Waals surface area contributed by atoms with Gasteiger partial charge < -0.3 is 0 Å². The van der Waals surface area contributed by atoms with Crippen LogP contribution in [-0.4, -0.2) is 12.1 Å². The van der Waals surface area contributed by atoms with Crippen molar-refractivity contribution < 1.29 is 18.0 Å². The Morgan fingerprint density at radius 3 is 2.11 bits per heavy atom. The lowest BCUT2D eigenvalue weighted by Crippen LogP contribution is -2.17. The van der Waals surface area contributed by atoms with Crippen molar-refractivity contribution in [3.63, 3.8) is 0 Å². The second-order valence-electron chi connectivity index (χ2n) is 5.18. The van der Waals surface area contributed by atoms with Gasteiger partial charge in [-0.1, -0.05) is 56.3 Å². The molecular weight excluding hydrogens is 243 g/mol. The largest absolute Gasteiger partial charge is 0.593 e. The lowest BCUT2D eigenvalue weighted by Gasteiger charge is -2.19. The van der Waals surface area contributed by atoms with Gasteiger partial charge in [0.25, 0.3) is 0 Å². The summed E-state index contributed by atoms with van der Waals surface area (Å²) >= 11 is 0. The molecule has 1 aromatic carbocycles. The zero-order chi connectivity index (χ0) is 13.8. The molecule has 0 N–H and O–H groups in total. The number of alkyl halides is 3.